The maximum Gasteiger partial charge on any atom is 0.513 e. The largest absolute Gasteiger partial charge is 0.513 e. The van der Waals surface area contributed by atoms with E-state index in [0.717, 1.165) is 0 Å². The molecule has 1 atom stereocenters. The summed E-state index contributed by atoms with van der Waals surface area (Å²) in [6.45, 7) is 1.28. The Morgan fingerprint density at radius 2 is 1.83 bits per heavy atom. The predicted molar refractivity (Wildman–Crippen MR) is 35.5 cm³/mol. The molecule has 2 N–H and O–H groups in total. The van der Waals surface area contributed by atoms with Gasteiger partial charge in [-0.3, -0.25) is 9.59 Å². The van der Waals surface area contributed by atoms with Gasteiger partial charge in [0.15, 0.2) is 0 Å². The Bertz CT molecular complexity index is 208. The van der Waals surface area contributed by atoms with Crippen LogP contribution in [0.5, 0.6) is 0 Å². The number of rotatable bonds is 3. The molecule has 0 aliphatic carbocycles. The van der Waals surface area contributed by atoms with E-state index in [0.29, 0.717) is 0 Å². The quantitative estimate of drug-likeness (QED) is 0.474. The lowest BCUT2D eigenvalue weighted by Gasteiger charge is -2.04. The first kappa shape index (κ1) is 10.4. The lowest BCUT2D eigenvalue weighted by Crippen LogP contribution is -2.20. The molecule has 0 radical (unpaired) electrons. The van der Waals surface area contributed by atoms with E-state index >= 15 is 0 Å². The van der Waals surface area contributed by atoms with Gasteiger partial charge >= 0.3 is 18.1 Å². The number of aliphatic carboxylic acids is 1. The van der Waals surface area contributed by atoms with Crippen molar-refractivity contribution in [1.82, 2.24) is 0 Å². The zero-order chi connectivity index (χ0) is 9.72. The molecule has 0 aromatic rings. The SMILES string of the molecule is CC(CC(=O)O)C(=O)OC(=O)O. The molecule has 0 fully saturated rings. The van der Waals surface area contributed by atoms with Crippen molar-refractivity contribution in [2.45, 2.75) is 13.3 Å². The number of carbonyl (C=O) groups is 3. The van der Waals surface area contributed by atoms with Crippen LogP contribution in [0.2, 0.25) is 0 Å². The highest BCUT2D eigenvalue weighted by Crippen LogP contribution is 2.04. The molecule has 0 amide bonds. The van der Waals surface area contributed by atoms with Gasteiger partial charge in [0, 0.05) is 0 Å². The Hall–Kier alpha value is -1.59. The molecule has 0 aromatic carbocycles. The molecule has 0 aromatic heterocycles. The molecular formula is C6H8O6. The zero-order valence-corrected chi connectivity index (χ0v) is 6.31. The zero-order valence-electron chi connectivity index (χ0n) is 6.31. The summed E-state index contributed by atoms with van der Waals surface area (Å²) in [5, 5.41) is 16.2. The molecule has 68 valence electrons. The van der Waals surface area contributed by atoms with Crippen molar-refractivity contribution in [3.8, 4) is 0 Å². The fourth-order valence-electron chi connectivity index (χ4n) is 0.532. The second-order valence-corrected chi connectivity index (χ2v) is 2.19. The number of carbonyl (C=O) groups excluding carboxylic acids is 1. The van der Waals surface area contributed by atoms with E-state index in [4.69, 9.17) is 10.2 Å². The highest BCUT2D eigenvalue weighted by Gasteiger charge is 2.20. The van der Waals surface area contributed by atoms with E-state index < -0.39 is 30.4 Å². The fourth-order valence-corrected chi connectivity index (χ4v) is 0.532. The van der Waals surface area contributed by atoms with E-state index in [1.54, 1.807) is 0 Å². The number of carboxylic acid groups (broad SMARTS) is 2. The fraction of sp³-hybridized carbons (Fsp3) is 0.500. The maximum absolute atomic E-state index is 10.6. The molecule has 6 heteroatoms. The van der Waals surface area contributed by atoms with Crippen molar-refractivity contribution in [1.29, 1.82) is 0 Å². The van der Waals surface area contributed by atoms with Gasteiger partial charge in [-0.05, 0) is 0 Å². The van der Waals surface area contributed by atoms with Gasteiger partial charge < -0.3 is 14.9 Å². The summed E-state index contributed by atoms with van der Waals surface area (Å²) in [6.07, 6.45) is -2.16. The molecule has 0 aliphatic rings. The molecule has 6 nitrogen and oxygen atoms in total. The number of hydrogen-bond donors (Lipinski definition) is 2. The minimum atomic E-state index is -1.72. The lowest BCUT2D eigenvalue weighted by atomic mass is 10.1. The van der Waals surface area contributed by atoms with Crippen LogP contribution in [0.4, 0.5) is 4.79 Å². The summed E-state index contributed by atoms with van der Waals surface area (Å²) in [5.41, 5.74) is 0. The summed E-state index contributed by atoms with van der Waals surface area (Å²) in [7, 11) is 0. The van der Waals surface area contributed by atoms with Crippen LogP contribution in [-0.2, 0) is 14.3 Å². The molecule has 0 aliphatic heterocycles. The van der Waals surface area contributed by atoms with E-state index in [2.05, 4.69) is 4.74 Å². The van der Waals surface area contributed by atoms with Gasteiger partial charge in [-0.1, -0.05) is 6.92 Å². The molecule has 1 unspecified atom stereocenters. The van der Waals surface area contributed by atoms with Crippen LogP contribution in [0, 0.1) is 5.92 Å². The van der Waals surface area contributed by atoms with Gasteiger partial charge in [0.25, 0.3) is 0 Å². The van der Waals surface area contributed by atoms with Crippen LogP contribution in [0.15, 0.2) is 0 Å². The average Bonchev–Trinajstić information content (AvgIpc) is 1.84. The van der Waals surface area contributed by atoms with Gasteiger partial charge in [0.2, 0.25) is 0 Å². The lowest BCUT2D eigenvalue weighted by molar-refractivity contribution is -0.148. The molecule has 0 saturated carbocycles. The monoisotopic (exact) mass is 176 g/mol. The first-order valence-corrected chi connectivity index (χ1v) is 3.10. The predicted octanol–water partition coefficient (Wildman–Crippen LogP) is 0.318. The Labute approximate surface area is 67.8 Å². The van der Waals surface area contributed by atoms with Gasteiger partial charge in [0.1, 0.15) is 0 Å². The van der Waals surface area contributed by atoms with Crippen molar-refractivity contribution in [2.75, 3.05) is 0 Å². The Balaban J connectivity index is 3.93. The van der Waals surface area contributed by atoms with Crippen LogP contribution < -0.4 is 0 Å². The van der Waals surface area contributed by atoms with Crippen LogP contribution >= 0.6 is 0 Å². The first-order chi connectivity index (χ1) is 5.43. The molecule has 0 spiro atoms. The number of ether oxygens (including phenoxy) is 1. The standard InChI is InChI=1S/C6H8O6/c1-3(2-4(7)8)5(9)12-6(10)11/h3H,2H2,1H3,(H,7,8)(H,10,11). The van der Waals surface area contributed by atoms with Crippen LogP contribution in [0.3, 0.4) is 0 Å². The summed E-state index contributed by atoms with van der Waals surface area (Å²) in [4.78, 5) is 30.5. The minimum Gasteiger partial charge on any atom is -0.481 e. The van der Waals surface area contributed by atoms with Crippen molar-refractivity contribution < 1.29 is 29.3 Å². The van der Waals surface area contributed by atoms with Crippen molar-refractivity contribution in [2.24, 2.45) is 5.92 Å². The van der Waals surface area contributed by atoms with Crippen molar-refractivity contribution in [3.05, 3.63) is 0 Å². The molecule has 0 heterocycles. The maximum atomic E-state index is 10.6. The third-order valence-electron chi connectivity index (χ3n) is 1.07. The Morgan fingerprint density at radius 1 is 1.33 bits per heavy atom. The third kappa shape index (κ3) is 4.26. The average molecular weight is 176 g/mol. The molecular weight excluding hydrogens is 168 g/mol. The summed E-state index contributed by atoms with van der Waals surface area (Å²) < 4.78 is 3.73. The van der Waals surface area contributed by atoms with Gasteiger partial charge in [-0.2, -0.15) is 0 Å². The summed E-state index contributed by atoms with van der Waals surface area (Å²) in [6, 6.07) is 0. The van der Waals surface area contributed by atoms with Crippen molar-refractivity contribution in [3.63, 3.8) is 0 Å². The van der Waals surface area contributed by atoms with E-state index in [9.17, 15) is 14.4 Å². The summed E-state index contributed by atoms with van der Waals surface area (Å²) in [5.74, 6) is -3.17. The van der Waals surface area contributed by atoms with Crippen LogP contribution in [0.25, 0.3) is 0 Å². The Kier molecular flexibility index (Phi) is 3.75. The molecule has 12 heavy (non-hydrogen) atoms. The third-order valence-corrected chi connectivity index (χ3v) is 1.07. The smallest absolute Gasteiger partial charge is 0.481 e. The van der Waals surface area contributed by atoms with Gasteiger partial charge in [-0.15, -0.1) is 0 Å². The topological polar surface area (TPSA) is 101 Å². The highest BCUT2D eigenvalue weighted by atomic mass is 16.7. The van der Waals surface area contributed by atoms with Crippen LogP contribution in [-0.4, -0.2) is 28.3 Å². The van der Waals surface area contributed by atoms with Gasteiger partial charge in [0.05, 0.1) is 12.3 Å². The van der Waals surface area contributed by atoms with Gasteiger partial charge in [-0.25, -0.2) is 4.79 Å². The second kappa shape index (κ2) is 4.32. The second-order valence-electron chi connectivity index (χ2n) is 2.19. The first-order valence-electron chi connectivity index (χ1n) is 3.10. The molecule has 0 bridgehead atoms. The van der Waals surface area contributed by atoms with E-state index in [1.165, 1.54) is 6.92 Å². The van der Waals surface area contributed by atoms with E-state index in [-0.39, 0.29) is 0 Å². The molecule has 0 rings (SSSR count). The number of carboxylic acids is 1. The number of hydrogen-bond acceptors (Lipinski definition) is 4. The highest BCUT2D eigenvalue weighted by molar-refractivity contribution is 5.85. The van der Waals surface area contributed by atoms with E-state index in [1.807, 2.05) is 0 Å². The minimum absolute atomic E-state index is 0.438. The molecule has 0 saturated heterocycles. The van der Waals surface area contributed by atoms with Crippen molar-refractivity contribution >= 4 is 18.1 Å². The summed E-state index contributed by atoms with van der Waals surface area (Å²) >= 11 is 0. The van der Waals surface area contributed by atoms with Crippen LogP contribution in [0.1, 0.15) is 13.3 Å². The number of esters is 1. The normalized spacial score (nSPS) is 11.8. The Morgan fingerprint density at radius 3 is 2.17 bits per heavy atom.